The van der Waals surface area contributed by atoms with Crippen molar-refractivity contribution in [1.29, 1.82) is 0 Å². The summed E-state index contributed by atoms with van der Waals surface area (Å²) in [5.41, 5.74) is 0. The molecule has 0 radical (unpaired) electrons. The van der Waals surface area contributed by atoms with E-state index in [0.717, 1.165) is 37.9 Å². The van der Waals surface area contributed by atoms with Gasteiger partial charge in [-0.05, 0) is 44.4 Å². The van der Waals surface area contributed by atoms with Crippen LogP contribution >= 0.6 is 0 Å². The number of urea groups is 1. The first-order valence-electron chi connectivity index (χ1n) is 7.13. The number of carbonyl (C=O) groups excluding carboxylic acids is 1. The summed E-state index contributed by atoms with van der Waals surface area (Å²) in [6.07, 6.45) is 4.67. The molecule has 98 valence electrons. The van der Waals surface area contributed by atoms with Gasteiger partial charge in [0.05, 0.1) is 0 Å². The lowest BCUT2D eigenvalue weighted by atomic mass is 9.93. The van der Waals surface area contributed by atoms with E-state index in [1.165, 1.54) is 19.3 Å². The third-order valence-electron chi connectivity index (χ3n) is 4.44. The van der Waals surface area contributed by atoms with Crippen molar-refractivity contribution in [2.75, 3.05) is 19.6 Å². The Morgan fingerprint density at radius 1 is 0.941 bits per heavy atom. The zero-order chi connectivity index (χ0) is 12.4. The fourth-order valence-corrected chi connectivity index (χ4v) is 3.07. The monoisotopic (exact) mass is 238 g/mol. The fourth-order valence-electron chi connectivity index (χ4n) is 3.07. The van der Waals surface area contributed by atoms with Crippen LogP contribution < -0.4 is 0 Å². The first-order valence-corrected chi connectivity index (χ1v) is 7.13. The Kier molecular flexibility index (Phi) is 3.95. The molecule has 2 aliphatic rings. The summed E-state index contributed by atoms with van der Waals surface area (Å²) in [6, 6.07) is 0.710. The molecule has 0 aromatic carbocycles. The first kappa shape index (κ1) is 12.7. The van der Waals surface area contributed by atoms with Crippen molar-refractivity contribution in [3.63, 3.8) is 0 Å². The van der Waals surface area contributed by atoms with Gasteiger partial charge in [-0.3, -0.25) is 0 Å². The second-order valence-corrected chi connectivity index (χ2v) is 6.12. The van der Waals surface area contributed by atoms with E-state index >= 15 is 0 Å². The lowest BCUT2D eigenvalue weighted by Gasteiger charge is -2.41. The highest BCUT2D eigenvalue weighted by molar-refractivity contribution is 5.75. The Morgan fingerprint density at radius 3 is 2.12 bits per heavy atom. The first-order chi connectivity index (χ1) is 8.08. The molecule has 2 fully saturated rings. The third-order valence-corrected chi connectivity index (χ3v) is 4.44. The van der Waals surface area contributed by atoms with Gasteiger partial charge in [-0.1, -0.05) is 13.8 Å². The summed E-state index contributed by atoms with van der Waals surface area (Å²) in [5.74, 6) is 1.56. The van der Waals surface area contributed by atoms with Gasteiger partial charge < -0.3 is 9.80 Å². The van der Waals surface area contributed by atoms with Crippen molar-refractivity contribution < 1.29 is 4.79 Å². The predicted octanol–water partition coefficient (Wildman–Crippen LogP) is 2.96. The van der Waals surface area contributed by atoms with E-state index in [4.69, 9.17) is 0 Å². The SMILES string of the molecule is CC1CCN(C(=O)N2CCC(C)CC2C)CC1. The average Bonchev–Trinajstić information content (AvgIpc) is 2.29. The van der Waals surface area contributed by atoms with E-state index in [0.29, 0.717) is 6.04 Å². The van der Waals surface area contributed by atoms with Gasteiger partial charge in [0.1, 0.15) is 0 Å². The predicted molar refractivity (Wildman–Crippen MR) is 69.9 cm³/mol. The quantitative estimate of drug-likeness (QED) is 0.636. The van der Waals surface area contributed by atoms with E-state index < -0.39 is 0 Å². The summed E-state index contributed by atoms with van der Waals surface area (Å²) >= 11 is 0. The molecule has 0 N–H and O–H groups in total. The lowest BCUT2D eigenvalue weighted by Crippen LogP contribution is -2.52. The van der Waals surface area contributed by atoms with Crippen LogP contribution in [0, 0.1) is 11.8 Å². The van der Waals surface area contributed by atoms with Crippen molar-refractivity contribution >= 4 is 6.03 Å². The smallest absolute Gasteiger partial charge is 0.320 e. The maximum atomic E-state index is 12.4. The molecule has 0 saturated carbocycles. The maximum absolute atomic E-state index is 12.4. The zero-order valence-electron chi connectivity index (χ0n) is 11.5. The molecule has 3 heteroatoms. The fraction of sp³-hybridized carbons (Fsp3) is 0.929. The van der Waals surface area contributed by atoms with Crippen LogP contribution in [0.2, 0.25) is 0 Å². The number of carbonyl (C=O) groups is 1. The van der Waals surface area contributed by atoms with Gasteiger partial charge in [-0.15, -0.1) is 0 Å². The van der Waals surface area contributed by atoms with Crippen LogP contribution in [0.25, 0.3) is 0 Å². The average molecular weight is 238 g/mol. The van der Waals surface area contributed by atoms with Crippen molar-refractivity contribution in [3.05, 3.63) is 0 Å². The largest absolute Gasteiger partial charge is 0.325 e. The van der Waals surface area contributed by atoms with Gasteiger partial charge in [0.15, 0.2) is 0 Å². The Morgan fingerprint density at radius 2 is 1.53 bits per heavy atom. The molecule has 3 nitrogen and oxygen atoms in total. The Balaban J connectivity index is 1.91. The summed E-state index contributed by atoms with van der Waals surface area (Å²) in [6.45, 7) is 9.64. The molecule has 0 bridgehead atoms. The molecule has 0 spiro atoms. The second kappa shape index (κ2) is 5.28. The van der Waals surface area contributed by atoms with Crippen molar-refractivity contribution in [2.45, 2.75) is 52.5 Å². The van der Waals surface area contributed by atoms with E-state index in [1.54, 1.807) is 0 Å². The summed E-state index contributed by atoms with van der Waals surface area (Å²) in [5, 5.41) is 0. The Hall–Kier alpha value is -0.730. The normalized spacial score (nSPS) is 31.7. The number of hydrogen-bond donors (Lipinski definition) is 0. The number of piperidine rings is 2. The molecular weight excluding hydrogens is 212 g/mol. The van der Waals surface area contributed by atoms with E-state index in [-0.39, 0.29) is 6.03 Å². The standard InChI is InChI=1S/C14H26N2O/c1-11-4-7-15(8-5-11)14(17)16-9-6-12(2)10-13(16)3/h11-13H,4-10H2,1-3H3. The summed E-state index contributed by atoms with van der Waals surface area (Å²) in [4.78, 5) is 16.6. The van der Waals surface area contributed by atoms with Crippen LogP contribution in [-0.4, -0.2) is 41.5 Å². The minimum atomic E-state index is 0.288. The molecule has 2 saturated heterocycles. The number of amides is 2. The molecule has 0 aromatic heterocycles. The highest BCUT2D eigenvalue weighted by Crippen LogP contribution is 2.25. The van der Waals surface area contributed by atoms with Crippen molar-refractivity contribution in [1.82, 2.24) is 9.80 Å². The van der Waals surface area contributed by atoms with Crippen LogP contribution in [0.1, 0.15) is 46.5 Å². The minimum Gasteiger partial charge on any atom is -0.325 e. The summed E-state index contributed by atoms with van der Waals surface area (Å²) < 4.78 is 0. The number of nitrogens with zero attached hydrogens (tertiary/aromatic N) is 2. The van der Waals surface area contributed by atoms with Gasteiger partial charge in [0, 0.05) is 25.7 Å². The number of hydrogen-bond acceptors (Lipinski definition) is 1. The molecule has 2 amide bonds. The second-order valence-electron chi connectivity index (χ2n) is 6.12. The third kappa shape index (κ3) is 2.93. The number of likely N-dealkylation sites (tertiary alicyclic amines) is 2. The van der Waals surface area contributed by atoms with E-state index in [9.17, 15) is 4.79 Å². The Bertz CT molecular complexity index is 271. The van der Waals surface area contributed by atoms with Crippen LogP contribution in [0.15, 0.2) is 0 Å². The molecule has 0 aliphatic carbocycles. The van der Waals surface area contributed by atoms with Crippen LogP contribution in [0.5, 0.6) is 0 Å². The Labute approximate surface area is 105 Å². The van der Waals surface area contributed by atoms with Gasteiger partial charge in [0.2, 0.25) is 0 Å². The van der Waals surface area contributed by atoms with Gasteiger partial charge >= 0.3 is 6.03 Å². The molecule has 2 heterocycles. The zero-order valence-corrected chi connectivity index (χ0v) is 11.5. The molecule has 0 aromatic rings. The number of rotatable bonds is 0. The van der Waals surface area contributed by atoms with Crippen molar-refractivity contribution in [3.8, 4) is 0 Å². The molecule has 2 rings (SSSR count). The van der Waals surface area contributed by atoms with Crippen LogP contribution in [-0.2, 0) is 0 Å². The van der Waals surface area contributed by atoms with Crippen LogP contribution in [0.4, 0.5) is 4.79 Å². The molecule has 2 unspecified atom stereocenters. The minimum absolute atomic E-state index is 0.288. The summed E-state index contributed by atoms with van der Waals surface area (Å²) in [7, 11) is 0. The highest BCUT2D eigenvalue weighted by atomic mass is 16.2. The topological polar surface area (TPSA) is 23.6 Å². The van der Waals surface area contributed by atoms with Crippen LogP contribution in [0.3, 0.4) is 0 Å². The molecule has 2 aliphatic heterocycles. The molecule has 2 atom stereocenters. The maximum Gasteiger partial charge on any atom is 0.320 e. The van der Waals surface area contributed by atoms with E-state index in [2.05, 4.69) is 30.6 Å². The highest BCUT2D eigenvalue weighted by Gasteiger charge is 2.31. The van der Waals surface area contributed by atoms with E-state index in [1.807, 2.05) is 0 Å². The van der Waals surface area contributed by atoms with Gasteiger partial charge in [-0.2, -0.15) is 0 Å². The molecular formula is C14H26N2O. The molecule has 17 heavy (non-hydrogen) atoms. The van der Waals surface area contributed by atoms with Crippen molar-refractivity contribution in [2.24, 2.45) is 11.8 Å². The lowest BCUT2D eigenvalue weighted by molar-refractivity contribution is 0.0964. The van der Waals surface area contributed by atoms with Gasteiger partial charge in [0.25, 0.3) is 0 Å². The van der Waals surface area contributed by atoms with Gasteiger partial charge in [-0.25, -0.2) is 4.79 Å².